The lowest BCUT2D eigenvalue weighted by molar-refractivity contribution is -0.137. The summed E-state index contributed by atoms with van der Waals surface area (Å²) < 4.78 is 51.8. The van der Waals surface area contributed by atoms with Gasteiger partial charge in [-0.1, -0.05) is 61.9 Å². The second-order valence-corrected chi connectivity index (χ2v) is 8.99. The minimum Gasteiger partial charge on any atom is -0.494 e. The first-order valence-electron chi connectivity index (χ1n) is 12.3. The summed E-state index contributed by atoms with van der Waals surface area (Å²) in [5.41, 5.74) is 7.48. The second-order valence-electron chi connectivity index (χ2n) is 8.99. The van der Waals surface area contributed by atoms with E-state index in [9.17, 15) is 13.2 Å². The van der Waals surface area contributed by atoms with Gasteiger partial charge in [-0.15, -0.1) is 0 Å². The monoisotopic (exact) mass is 534 g/mol. The number of halogens is 3. The highest BCUT2D eigenvalue weighted by Gasteiger charge is 2.38. The summed E-state index contributed by atoms with van der Waals surface area (Å²) in [5.74, 6) is 1.14. The molecule has 0 fully saturated rings. The van der Waals surface area contributed by atoms with E-state index >= 15 is 0 Å². The number of aliphatic hydroxyl groups is 2. The standard InChI is InChI=1S/C19H23F3N2O4.C10H14/c1-27-15-10-13(11-28-14-5-3-2-4-12(14)6-8-25)16(19(20,21)22)17(23)18(15)24-7-9-26;1-8(2)10-6-4-9(3)5-7-10/h2-5,10,24-26H,6-9,11,23H2,1H3;4-8H,1-3H3. The Kier molecular flexibility index (Phi) is 11.7. The van der Waals surface area contributed by atoms with Gasteiger partial charge in [-0.05, 0) is 42.5 Å². The lowest BCUT2D eigenvalue weighted by Crippen LogP contribution is -2.18. The molecule has 6 nitrogen and oxygen atoms in total. The molecule has 38 heavy (non-hydrogen) atoms. The number of hydrogen-bond donors (Lipinski definition) is 4. The maximum absolute atomic E-state index is 13.7. The number of alkyl halides is 3. The summed E-state index contributed by atoms with van der Waals surface area (Å²) in [6, 6.07) is 16.7. The molecule has 0 saturated heterocycles. The SMILES string of the molecule is COc1cc(COc2ccccc2CCO)c(C(F)(F)F)c(N)c1NCCO.Cc1ccc(C(C)C)cc1. The fraction of sp³-hybridized carbons (Fsp3) is 0.379. The van der Waals surface area contributed by atoms with E-state index in [2.05, 4.69) is 50.4 Å². The molecule has 3 aromatic rings. The molecule has 0 amide bonds. The molecular formula is C29H37F3N2O4. The molecule has 0 aromatic heterocycles. The Labute approximate surface area is 222 Å². The maximum Gasteiger partial charge on any atom is 0.418 e. The number of benzene rings is 3. The normalized spacial score (nSPS) is 11.1. The van der Waals surface area contributed by atoms with Gasteiger partial charge in [0.05, 0.1) is 25.0 Å². The Bertz CT molecular complexity index is 1150. The smallest absolute Gasteiger partial charge is 0.418 e. The average molecular weight is 535 g/mol. The van der Waals surface area contributed by atoms with Gasteiger partial charge in [0.15, 0.2) is 0 Å². The van der Waals surface area contributed by atoms with E-state index in [-0.39, 0.29) is 36.8 Å². The first-order chi connectivity index (χ1) is 18.0. The van der Waals surface area contributed by atoms with Crippen LogP contribution in [0.4, 0.5) is 24.5 Å². The number of anilines is 2. The Morgan fingerprint density at radius 1 is 0.947 bits per heavy atom. The molecule has 0 heterocycles. The summed E-state index contributed by atoms with van der Waals surface area (Å²) in [7, 11) is 1.31. The van der Waals surface area contributed by atoms with E-state index in [1.807, 2.05) is 0 Å². The molecule has 0 atom stereocenters. The Balaban J connectivity index is 0.000000423. The Morgan fingerprint density at radius 3 is 2.16 bits per heavy atom. The van der Waals surface area contributed by atoms with Crippen molar-refractivity contribution in [3.63, 3.8) is 0 Å². The Hall–Kier alpha value is -3.43. The van der Waals surface area contributed by atoms with E-state index in [4.69, 9.17) is 25.4 Å². The fourth-order valence-electron chi connectivity index (χ4n) is 3.78. The second kappa shape index (κ2) is 14.5. The summed E-state index contributed by atoms with van der Waals surface area (Å²) in [6.07, 6.45) is -4.40. The minimum absolute atomic E-state index is 0.0161. The number of aryl methyl sites for hydroxylation is 1. The molecular weight excluding hydrogens is 497 g/mol. The van der Waals surface area contributed by atoms with Crippen LogP contribution in [0.15, 0.2) is 54.6 Å². The molecule has 0 aliphatic heterocycles. The van der Waals surface area contributed by atoms with Crippen molar-refractivity contribution >= 4 is 11.4 Å². The van der Waals surface area contributed by atoms with Gasteiger partial charge in [-0.2, -0.15) is 13.2 Å². The third-order valence-corrected chi connectivity index (χ3v) is 5.81. The third kappa shape index (κ3) is 8.56. The average Bonchev–Trinajstić information content (AvgIpc) is 2.87. The molecule has 9 heteroatoms. The fourth-order valence-corrected chi connectivity index (χ4v) is 3.78. The predicted molar refractivity (Wildman–Crippen MR) is 145 cm³/mol. The van der Waals surface area contributed by atoms with Crippen LogP contribution in [0.1, 0.15) is 47.6 Å². The molecule has 0 bridgehead atoms. The summed E-state index contributed by atoms with van der Waals surface area (Å²) in [5, 5.41) is 20.7. The van der Waals surface area contributed by atoms with E-state index in [0.717, 1.165) is 0 Å². The number of nitrogen functional groups attached to an aromatic ring is 1. The van der Waals surface area contributed by atoms with Gasteiger partial charge in [0, 0.05) is 18.7 Å². The van der Waals surface area contributed by atoms with Gasteiger partial charge in [0.25, 0.3) is 0 Å². The molecule has 3 aromatic carbocycles. The van der Waals surface area contributed by atoms with E-state index in [1.165, 1.54) is 24.3 Å². The van der Waals surface area contributed by atoms with Crippen LogP contribution >= 0.6 is 0 Å². The van der Waals surface area contributed by atoms with E-state index < -0.39 is 24.0 Å². The highest BCUT2D eigenvalue weighted by molar-refractivity contribution is 5.79. The lowest BCUT2D eigenvalue weighted by atomic mass is 10.0. The number of hydrogen-bond acceptors (Lipinski definition) is 6. The highest BCUT2D eigenvalue weighted by Crippen LogP contribution is 2.44. The van der Waals surface area contributed by atoms with Crippen LogP contribution in [-0.2, 0) is 19.2 Å². The maximum atomic E-state index is 13.7. The number of nitrogens with one attached hydrogen (secondary N) is 1. The number of nitrogens with two attached hydrogens (primary N) is 1. The number of aliphatic hydroxyl groups excluding tert-OH is 2. The van der Waals surface area contributed by atoms with Crippen molar-refractivity contribution in [2.45, 2.75) is 45.9 Å². The summed E-state index contributed by atoms with van der Waals surface area (Å²) in [4.78, 5) is 0. The summed E-state index contributed by atoms with van der Waals surface area (Å²) >= 11 is 0. The lowest BCUT2D eigenvalue weighted by Gasteiger charge is -2.22. The quantitative estimate of drug-likeness (QED) is 0.241. The third-order valence-electron chi connectivity index (χ3n) is 5.81. The van der Waals surface area contributed by atoms with Crippen LogP contribution < -0.4 is 20.5 Å². The number of para-hydroxylation sites is 1. The van der Waals surface area contributed by atoms with Crippen molar-refractivity contribution in [2.24, 2.45) is 0 Å². The molecule has 0 radical (unpaired) electrons. The molecule has 0 aliphatic rings. The van der Waals surface area contributed by atoms with Crippen LogP contribution in [-0.4, -0.2) is 37.1 Å². The van der Waals surface area contributed by atoms with Crippen LogP contribution in [0.5, 0.6) is 11.5 Å². The molecule has 3 rings (SSSR count). The van der Waals surface area contributed by atoms with Crippen molar-refractivity contribution in [3.8, 4) is 11.5 Å². The van der Waals surface area contributed by atoms with Crippen LogP contribution in [0.2, 0.25) is 0 Å². The van der Waals surface area contributed by atoms with Gasteiger partial charge in [-0.25, -0.2) is 0 Å². The van der Waals surface area contributed by atoms with Crippen molar-refractivity contribution in [1.82, 2.24) is 0 Å². The number of rotatable bonds is 10. The number of methoxy groups -OCH3 is 1. The molecule has 5 N–H and O–H groups in total. The topological polar surface area (TPSA) is 97.0 Å². The van der Waals surface area contributed by atoms with Crippen molar-refractivity contribution in [1.29, 1.82) is 0 Å². The van der Waals surface area contributed by atoms with Gasteiger partial charge in [-0.3, -0.25) is 0 Å². The molecule has 0 aliphatic carbocycles. The number of ether oxygens (including phenoxy) is 2. The van der Waals surface area contributed by atoms with Gasteiger partial charge in [0.2, 0.25) is 0 Å². The molecule has 0 spiro atoms. The van der Waals surface area contributed by atoms with Crippen LogP contribution in [0.3, 0.4) is 0 Å². The van der Waals surface area contributed by atoms with Gasteiger partial charge in [0.1, 0.15) is 23.8 Å². The molecule has 0 saturated carbocycles. The molecule has 0 unspecified atom stereocenters. The largest absolute Gasteiger partial charge is 0.494 e. The van der Waals surface area contributed by atoms with Gasteiger partial charge < -0.3 is 30.7 Å². The van der Waals surface area contributed by atoms with Crippen LogP contribution in [0.25, 0.3) is 0 Å². The first-order valence-corrected chi connectivity index (χ1v) is 12.3. The molecule has 208 valence electrons. The first kappa shape index (κ1) is 30.8. The summed E-state index contributed by atoms with van der Waals surface area (Å²) in [6.45, 7) is 5.77. The zero-order valence-electron chi connectivity index (χ0n) is 22.2. The van der Waals surface area contributed by atoms with Crippen molar-refractivity contribution < 1.29 is 32.9 Å². The predicted octanol–water partition coefficient (Wildman–Crippen LogP) is 5.93. The zero-order chi connectivity index (χ0) is 28.3. The van der Waals surface area contributed by atoms with Crippen LogP contribution in [0, 0.1) is 6.92 Å². The highest BCUT2D eigenvalue weighted by atomic mass is 19.4. The van der Waals surface area contributed by atoms with E-state index in [0.29, 0.717) is 23.7 Å². The van der Waals surface area contributed by atoms with Gasteiger partial charge >= 0.3 is 6.18 Å². The van der Waals surface area contributed by atoms with Crippen molar-refractivity contribution in [2.75, 3.05) is 37.9 Å². The Morgan fingerprint density at radius 2 is 1.61 bits per heavy atom. The minimum atomic E-state index is -4.71. The van der Waals surface area contributed by atoms with Crippen molar-refractivity contribution in [3.05, 3.63) is 82.4 Å². The zero-order valence-corrected chi connectivity index (χ0v) is 22.2. The van der Waals surface area contributed by atoms with E-state index in [1.54, 1.807) is 24.3 Å².